The van der Waals surface area contributed by atoms with Crippen LogP contribution < -0.4 is 16.5 Å². The zero-order valence-electron chi connectivity index (χ0n) is 29.7. The van der Waals surface area contributed by atoms with Crippen LogP contribution >= 0.6 is 34.7 Å². The predicted molar refractivity (Wildman–Crippen MR) is 196 cm³/mol. The number of oxime groups is 1. The molecule has 3 atom stereocenters. The van der Waals surface area contributed by atoms with Crippen molar-refractivity contribution in [2.75, 3.05) is 51.5 Å². The molecule has 7 amide bonds. The molecule has 26 heteroatoms. The third-order valence-corrected chi connectivity index (χ3v) is 12.1. The predicted octanol–water partition coefficient (Wildman–Crippen LogP) is -1.06. The standard InChI is InChI=1S/C31H33ClN10O13S2/c1-30(2,25(49)50)55-37-17(14-11-56-27(33)34-14)21(46)35-18-22(47)40-12-31(26(51)52,57-24(18)40)41-9-10-42(29(41)54)36-28(53)39-7-5-38(6-8-39)23(48)19(44)13-3-4-15(43)20(45)16(13)32/h3-4,11,18,24,43,45H,5-10,12H2,1-2H3,(H2,33,34)(H,35,46)(H,36,53)(H,49,50)(H,51,52)/b37-17-/t18-,24-,31-/m1/s1. The van der Waals surface area contributed by atoms with Crippen LogP contribution in [0.15, 0.2) is 22.7 Å². The maximum absolute atomic E-state index is 13.6. The van der Waals surface area contributed by atoms with Crippen LogP contribution in [-0.2, 0) is 28.8 Å². The van der Waals surface area contributed by atoms with E-state index in [0.717, 1.165) is 45.1 Å². The largest absolute Gasteiger partial charge is 0.504 e. The first-order valence-electron chi connectivity index (χ1n) is 16.7. The number of aliphatic carboxylic acids is 2. The van der Waals surface area contributed by atoms with E-state index in [2.05, 4.69) is 20.9 Å². The summed E-state index contributed by atoms with van der Waals surface area (Å²) < 4.78 is 0. The number of hydrazine groups is 1. The maximum atomic E-state index is 13.6. The molecule has 4 saturated heterocycles. The lowest BCUT2D eigenvalue weighted by Crippen LogP contribution is -2.68. The number of nitrogens with one attached hydrogen (secondary N) is 2. The number of rotatable bonds is 11. The van der Waals surface area contributed by atoms with Crippen LogP contribution in [0.3, 0.4) is 0 Å². The Morgan fingerprint density at radius 3 is 2.32 bits per heavy atom. The van der Waals surface area contributed by atoms with Crippen molar-refractivity contribution >= 4 is 93.0 Å². The number of thiazole rings is 1. The number of benzene rings is 1. The number of amides is 7. The highest BCUT2D eigenvalue weighted by atomic mass is 35.5. The van der Waals surface area contributed by atoms with E-state index < -0.39 is 98.2 Å². The van der Waals surface area contributed by atoms with Crippen LogP contribution in [0.4, 0.5) is 14.7 Å². The van der Waals surface area contributed by atoms with Crippen molar-refractivity contribution in [1.82, 2.24) is 40.3 Å². The lowest BCUT2D eigenvalue weighted by molar-refractivity contribution is -0.161. The number of nitrogens with zero attached hydrogens (tertiary/aromatic N) is 7. The number of urea groups is 2. The molecule has 0 spiro atoms. The summed E-state index contributed by atoms with van der Waals surface area (Å²) in [6.45, 7) is 1.31. The molecule has 4 aliphatic heterocycles. The second kappa shape index (κ2) is 15.1. The summed E-state index contributed by atoms with van der Waals surface area (Å²) in [5.41, 5.74) is 5.37. The van der Waals surface area contributed by atoms with Crippen molar-refractivity contribution in [2.45, 2.75) is 35.7 Å². The van der Waals surface area contributed by atoms with Gasteiger partial charge in [0.1, 0.15) is 17.1 Å². The first kappa shape index (κ1) is 40.6. The summed E-state index contributed by atoms with van der Waals surface area (Å²) >= 11 is 7.60. The van der Waals surface area contributed by atoms with Gasteiger partial charge in [0, 0.05) is 38.1 Å². The highest BCUT2D eigenvalue weighted by Crippen LogP contribution is 2.49. The van der Waals surface area contributed by atoms with Gasteiger partial charge >= 0.3 is 24.0 Å². The Balaban J connectivity index is 1.07. The van der Waals surface area contributed by atoms with Gasteiger partial charge in [0.05, 0.1) is 23.7 Å². The Hall–Kier alpha value is -6.08. The minimum absolute atomic E-state index is 0.0520. The van der Waals surface area contributed by atoms with E-state index in [-0.39, 0.29) is 55.7 Å². The van der Waals surface area contributed by atoms with Gasteiger partial charge in [-0.05, 0) is 26.0 Å². The van der Waals surface area contributed by atoms with Gasteiger partial charge in [0.2, 0.25) is 16.4 Å². The number of Topliss-reactive ketones (excluding diaryl/α,β-unsaturated/α-hetero) is 1. The zero-order valence-corrected chi connectivity index (χ0v) is 32.1. The molecule has 0 unspecified atom stereocenters. The van der Waals surface area contributed by atoms with E-state index in [1.165, 1.54) is 33.9 Å². The smallest absolute Gasteiger partial charge is 0.350 e. The average Bonchev–Trinajstić information content (AvgIpc) is 3.88. The van der Waals surface area contributed by atoms with Crippen molar-refractivity contribution in [1.29, 1.82) is 0 Å². The van der Waals surface area contributed by atoms with Crippen LogP contribution in [0.25, 0.3) is 0 Å². The summed E-state index contributed by atoms with van der Waals surface area (Å²) in [5, 5.41) is 46.2. The minimum Gasteiger partial charge on any atom is -0.504 e. The second-order valence-electron chi connectivity index (χ2n) is 13.3. The highest BCUT2D eigenvalue weighted by molar-refractivity contribution is 8.02. The SMILES string of the molecule is CC(C)(O/N=C(\C(=O)N[C@@H]1C(=O)N2C[C@@](C(=O)O)(N3CCN(NC(=O)N4CCN(C(=O)C(=O)c5ccc(O)c(O)c5Cl)CC4)C3=O)S[C@H]12)c1csc(N)n1)C(=O)O. The number of aromatic nitrogens is 1. The highest BCUT2D eigenvalue weighted by Gasteiger charge is 2.66. The Morgan fingerprint density at radius 1 is 1.04 bits per heavy atom. The number of phenols is 2. The maximum Gasteiger partial charge on any atom is 0.350 e. The van der Waals surface area contributed by atoms with E-state index in [1.54, 1.807) is 0 Å². The first-order valence-corrected chi connectivity index (χ1v) is 18.8. The number of ketones is 1. The van der Waals surface area contributed by atoms with E-state index in [9.17, 15) is 58.8 Å². The van der Waals surface area contributed by atoms with E-state index in [4.69, 9.17) is 22.2 Å². The molecule has 5 heterocycles. The quantitative estimate of drug-likeness (QED) is 0.0354. The molecule has 0 aliphatic carbocycles. The topological polar surface area (TPSA) is 318 Å². The molecule has 1 aromatic carbocycles. The van der Waals surface area contributed by atoms with Crippen LogP contribution in [0, 0.1) is 0 Å². The summed E-state index contributed by atoms with van der Waals surface area (Å²) in [5.74, 6) is -7.87. The van der Waals surface area contributed by atoms with E-state index in [0.29, 0.717) is 0 Å². The number of phenolic OH excluding ortho intramolecular Hbond substituents is 2. The molecule has 2 aromatic rings. The third kappa shape index (κ3) is 7.35. The second-order valence-corrected chi connectivity index (χ2v) is 16.0. The Morgan fingerprint density at radius 2 is 1.70 bits per heavy atom. The number of aromatic hydroxyl groups is 2. The molecule has 57 heavy (non-hydrogen) atoms. The van der Waals surface area contributed by atoms with Crippen molar-refractivity contribution in [2.24, 2.45) is 5.16 Å². The van der Waals surface area contributed by atoms with E-state index in [1.807, 2.05) is 0 Å². The fourth-order valence-electron chi connectivity index (χ4n) is 6.08. The minimum atomic E-state index is -2.03. The number of halogens is 1. The van der Waals surface area contributed by atoms with Crippen LogP contribution in [0.5, 0.6) is 11.5 Å². The summed E-state index contributed by atoms with van der Waals surface area (Å²) in [6.07, 6.45) is 0. The van der Waals surface area contributed by atoms with Crippen LogP contribution in [0.1, 0.15) is 29.9 Å². The third-order valence-electron chi connectivity index (χ3n) is 9.39. The number of carboxylic acids is 2. The molecule has 4 aliphatic rings. The fourth-order valence-corrected chi connectivity index (χ4v) is 8.51. The lowest BCUT2D eigenvalue weighted by Gasteiger charge is -2.41. The number of nitrogen functional groups attached to an aromatic ring is 1. The lowest BCUT2D eigenvalue weighted by atomic mass is 10.1. The number of carbonyl (C=O) groups is 8. The number of anilines is 1. The monoisotopic (exact) mass is 852 g/mol. The molecule has 1 aromatic heterocycles. The number of β-lactam (4-membered cyclic amide) rings is 1. The van der Waals surface area contributed by atoms with Gasteiger partial charge in [-0.1, -0.05) is 28.5 Å². The molecule has 0 saturated carbocycles. The number of nitrogens with two attached hydrogens (primary N) is 1. The summed E-state index contributed by atoms with van der Waals surface area (Å²) in [6, 6.07) is -0.846. The Labute approximate surface area is 333 Å². The van der Waals surface area contributed by atoms with Crippen molar-refractivity contribution in [3.8, 4) is 11.5 Å². The number of carboxylic acid groups (broad SMARTS) is 2. The molecule has 8 N–H and O–H groups in total. The van der Waals surface area contributed by atoms with Crippen molar-refractivity contribution in [3.05, 3.63) is 33.8 Å². The normalized spacial score (nSPS) is 22.2. The molecule has 6 rings (SSSR count). The Bertz CT molecular complexity index is 2130. The first-order chi connectivity index (χ1) is 26.8. The van der Waals surface area contributed by atoms with Gasteiger partial charge in [-0.3, -0.25) is 24.1 Å². The molecular weight excluding hydrogens is 820 g/mol. The average molecular weight is 853 g/mol. The number of carbonyl (C=O) groups excluding carboxylic acids is 6. The summed E-state index contributed by atoms with van der Waals surface area (Å²) in [4.78, 5) is 115. The number of hydrogen-bond donors (Lipinski definition) is 7. The van der Waals surface area contributed by atoms with Gasteiger partial charge in [0.15, 0.2) is 22.3 Å². The number of piperazine rings is 1. The molecule has 23 nitrogen and oxygen atoms in total. The van der Waals surface area contributed by atoms with Gasteiger partial charge < -0.3 is 51.0 Å². The zero-order chi connectivity index (χ0) is 41.7. The fraction of sp³-hybridized carbons (Fsp3) is 0.419. The van der Waals surface area contributed by atoms with Crippen LogP contribution in [-0.4, -0.2) is 171 Å². The number of fused-ring (bicyclic) bond motifs is 1. The number of hydrogen-bond acceptors (Lipinski definition) is 16. The van der Waals surface area contributed by atoms with E-state index >= 15 is 0 Å². The van der Waals surface area contributed by atoms with Gasteiger partial charge in [-0.25, -0.2) is 34.6 Å². The molecular formula is C31H33ClN10O13S2. The van der Waals surface area contributed by atoms with Gasteiger partial charge in [0.25, 0.3) is 17.6 Å². The molecule has 0 radical (unpaired) electrons. The van der Waals surface area contributed by atoms with Gasteiger partial charge in [-0.2, -0.15) is 0 Å². The number of thioether (sulfide) groups is 1. The molecule has 0 bridgehead atoms. The van der Waals surface area contributed by atoms with Gasteiger partial charge in [-0.15, -0.1) is 11.3 Å². The Kier molecular flexibility index (Phi) is 10.8. The molecule has 304 valence electrons. The summed E-state index contributed by atoms with van der Waals surface area (Å²) in [7, 11) is 0. The molecule has 4 fully saturated rings. The van der Waals surface area contributed by atoms with Crippen molar-refractivity contribution in [3.63, 3.8) is 0 Å². The van der Waals surface area contributed by atoms with Crippen molar-refractivity contribution < 1.29 is 63.6 Å². The van der Waals surface area contributed by atoms with Crippen LogP contribution in [0.2, 0.25) is 5.02 Å².